The van der Waals surface area contributed by atoms with Crippen LogP contribution in [0.4, 0.5) is 10.1 Å². The lowest BCUT2D eigenvalue weighted by atomic mass is 10.2. The highest BCUT2D eigenvalue weighted by Gasteiger charge is 2.15. The van der Waals surface area contributed by atoms with Crippen molar-refractivity contribution in [2.24, 2.45) is 0 Å². The molecule has 3 rings (SSSR count). The summed E-state index contributed by atoms with van der Waals surface area (Å²) in [6.07, 6.45) is 1.54. The number of nitrogens with one attached hydrogen (secondary N) is 1. The predicted octanol–water partition coefficient (Wildman–Crippen LogP) is 5.34. The number of halogens is 2. The molecule has 4 nitrogen and oxygen atoms in total. The first-order valence-corrected chi connectivity index (χ1v) is 8.28. The summed E-state index contributed by atoms with van der Waals surface area (Å²) in [4.78, 5) is 16.7. The lowest BCUT2D eigenvalue weighted by Gasteiger charge is -2.12. The fraction of sp³-hybridized carbons (Fsp3) is 0.0526. The third kappa shape index (κ3) is 4.22. The minimum absolute atomic E-state index is 0.177. The van der Waals surface area contributed by atoms with Crippen molar-refractivity contribution < 1.29 is 13.9 Å². The number of ether oxygens (including phenoxy) is 1. The van der Waals surface area contributed by atoms with Crippen LogP contribution in [0.25, 0.3) is 0 Å². The first-order valence-electron chi connectivity index (χ1n) is 7.49. The number of amides is 1. The van der Waals surface area contributed by atoms with Crippen molar-refractivity contribution in [1.29, 1.82) is 0 Å². The maximum atomic E-state index is 13.4. The highest BCUT2D eigenvalue weighted by atomic mass is 79.9. The van der Waals surface area contributed by atoms with E-state index in [1.54, 1.807) is 43.5 Å². The molecule has 0 aliphatic rings. The summed E-state index contributed by atoms with van der Waals surface area (Å²) in [5.74, 6) is -0.110. The van der Waals surface area contributed by atoms with Crippen LogP contribution in [0.2, 0.25) is 0 Å². The van der Waals surface area contributed by atoms with Gasteiger partial charge in [0, 0.05) is 16.4 Å². The number of nitrogens with zero attached hydrogens (tertiary/aromatic N) is 1. The van der Waals surface area contributed by atoms with Gasteiger partial charge >= 0.3 is 0 Å². The largest absolute Gasteiger partial charge is 0.438 e. The summed E-state index contributed by atoms with van der Waals surface area (Å²) >= 11 is 3.35. The zero-order valence-electron chi connectivity index (χ0n) is 13.3. The number of hydrogen-bond acceptors (Lipinski definition) is 3. The van der Waals surface area contributed by atoms with Gasteiger partial charge in [0.1, 0.15) is 17.1 Å². The molecule has 2 aromatic carbocycles. The summed E-state index contributed by atoms with van der Waals surface area (Å²) in [7, 11) is 0. The van der Waals surface area contributed by atoms with Gasteiger partial charge in [-0.15, -0.1) is 0 Å². The van der Waals surface area contributed by atoms with Gasteiger partial charge in [0.25, 0.3) is 5.91 Å². The van der Waals surface area contributed by atoms with Gasteiger partial charge in [0.15, 0.2) is 0 Å². The molecule has 0 spiro atoms. The van der Waals surface area contributed by atoms with Crippen LogP contribution in [-0.4, -0.2) is 10.9 Å². The Morgan fingerprint density at radius 2 is 1.92 bits per heavy atom. The molecule has 126 valence electrons. The Hall–Kier alpha value is -2.73. The Morgan fingerprint density at radius 3 is 2.68 bits per heavy atom. The molecule has 6 heteroatoms. The van der Waals surface area contributed by atoms with Crippen LogP contribution in [0.15, 0.2) is 65.3 Å². The SMILES string of the molecule is Cc1ccc(F)cc1NC(=O)c1cccnc1Oc1ccc(Br)cc1. The second-order valence-electron chi connectivity index (χ2n) is 5.33. The lowest BCUT2D eigenvalue weighted by molar-refractivity contribution is 0.102. The minimum atomic E-state index is -0.422. The van der Waals surface area contributed by atoms with Crippen LogP contribution in [0.3, 0.4) is 0 Å². The number of carbonyl (C=O) groups excluding carboxylic acids is 1. The summed E-state index contributed by atoms with van der Waals surface area (Å²) in [6, 6.07) is 14.6. The average Bonchev–Trinajstić information content (AvgIpc) is 2.60. The molecule has 0 saturated heterocycles. The van der Waals surface area contributed by atoms with E-state index in [9.17, 15) is 9.18 Å². The highest BCUT2D eigenvalue weighted by Crippen LogP contribution is 2.25. The van der Waals surface area contributed by atoms with Gasteiger partial charge in [-0.05, 0) is 61.0 Å². The van der Waals surface area contributed by atoms with E-state index in [-0.39, 0.29) is 11.4 Å². The third-order valence-electron chi connectivity index (χ3n) is 3.49. The van der Waals surface area contributed by atoms with Crippen molar-refractivity contribution in [1.82, 2.24) is 4.98 Å². The van der Waals surface area contributed by atoms with Crippen LogP contribution < -0.4 is 10.1 Å². The summed E-state index contributed by atoms with van der Waals surface area (Å²) < 4.78 is 20.0. The molecule has 0 bridgehead atoms. The highest BCUT2D eigenvalue weighted by molar-refractivity contribution is 9.10. The van der Waals surface area contributed by atoms with E-state index in [0.29, 0.717) is 11.4 Å². The molecule has 0 atom stereocenters. The van der Waals surface area contributed by atoms with Gasteiger partial charge in [-0.1, -0.05) is 22.0 Å². The average molecular weight is 401 g/mol. The molecule has 3 aromatic rings. The van der Waals surface area contributed by atoms with Gasteiger partial charge < -0.3 is 10.1 Å². The Bertz CT molecular complexity index is 914. The van der Waals surface area contributed by atoms with Crippen molar-refractivity contribution in [2.45, 2.75) is 6.92 Å². The first-order chi connectivity index (χ1) is 12.0. The van der Waals surface area contributed by atoms with E-state index in [0.717, 1.165) is 10.0 Å². The number of carbonyl (C=O) groups is 1. The number of rotatable bonds is 4. The maximum Gasteiger partial charge on any atom is 0.261 e. The van der Waals surface area contributed by atoms with E-state index >= 15 is 0 Å². The zero-order valence-corrected chi connectivity index (χ0v) is 14.9. The molecular weight excluding hydrogens is 387 g/mol. The Kier molecular flexibility index (Phi) is 5.09. The summed E-state index contributed by atoms with van der Waals surface area (Å²) in [5, 5.41) is 2.70. The number of aromatic nitrogens is 1. The minimum Gasteiger partial charge on any atom is -0.438 e. The van der Waals surface area contributed by atoms with E-state index in [1.165, 1.54) is 12.1 Å². The second-order valence-corrected chi connectivity index (χ2v) is 6.24. The van der Waals surface area contributed by atoms with Gasteiger partial charge in [-0.25, -0.2) is 9.37 Å². The maximum absolute atomic E-state index is 13.4. The van der Waals surface area contributed by atoms with Gasteiger partial charge in [-0.2, -0.15) is 0 Å². The molecule has 0 saturated carbocycles. The lowest BCUT2D eigenvalue weighted by Crippen LogP contribution is -2.14. The number of pyridine rings is 1. The monoisotopic (exact) mass is 400 g/mol. The molecule has 0 aliphatic heterocycles. The third-order valence-corrected chi connectivity index (χ3v) is 4.02. The summed E-state index contributed by atoms with van der Waals surface area (Å²) in [5.41, 5.74) is 1.42. The van der Waals surface area contributed by atoms with Crippen LogP contribution in [0.5, 0.6) is 11.6 Å². The molecular formula is C19H14BrFN2O2. The quantitative estimate of drug-likeness (QED) is 0.643. The molecule has 1 N–H and O–H groups in total. The Balaban J connectivity index is 1.85. The number of hydrogen-bond donors (Lipinski definition) is 1. The molecule has 0 aliphatic carbocycles. The van der Waals surface area contributed by atoms with Gasteiger partial charge in [0.05, 0.1) is 0 Å². The Morgan fingerprint density at radius 1 is 1.16 bits per heavy atom. The van der Waals surface area contributed by atoms with E-state index < -0.39 is 11.7 Å². The van der Waals surface area contributed by atoms with Gasteiger partial charge in [-0.3, -0.25) is 4.79 Å². The van der Waals surface area contributed by atoms with Crippen LogP contribution in [0.1, 0.15) is 15.9 Å². The molecule has 1 heterocycles. The number of aryl methyl sites for hydroxylation is 1. The smallest absolute Gasteiger partial charge is 0.261 e. The molecule has 0 radical (unpaired) electrons. The van der Waals surface area contributed by atoms with Gasteiger partial charge in [0.2, 0.25) is 5.88 Å². The Labute approximate surface area is 152 Å². The predicted molar refractivity (Wildman–Crippen MR) is 97.5 cm³/mol. The van der Waals surface area contributed by atoms with Crippen molar-refractivity contribution >= 4 is 27.5 Å². The number of anilines is 1. The normalized spacial score (nSPS) is 10.4. The van der Waals surface area contributed by atoms with Crippen molar-refractivity contribution in [3.8, 4) is 11.6 Å². The van der Waals surface area contributed by atoms with Crippen LogP contribution in [-0.2, 0) is 0 Å². The standard InChI is InChI=1S/C19H14BrFN2O2/c1-12-4-7-14(21)11-17(12)23-18(24)16-3-2-10-22-19(16)25-15-8-5-13(20)6-9-15/h2-11H,1H3,(H,23,24). The summed E-state index contributed by atoms with van der Waals surface area (Å²) in [6.45, 7) is 1.79. The van der Waals surface area contributed by atoms with Crippen molar-refractivity contribution in [2.75, 3.05) is 5.32 Å². The van der Waals surface area contributed by atoms with Crippen molar-refractivity contribution in [3.63, 3.8) is 0 Å². The molecule has 1 aromatic heterocycles. The molecule has 25 heavy (non-hydrogen) atoms. The fourth-order valence-electron chi connectivity index (χ4n) is 2.18. The molecule has 1 amide bonds. The van der Waals surface area contributed by atoms with E-state index in [1.807, 2.05) is 12.1 Å². The first kappa shape index (κ1) is 17.1. The van der Waals surface area contributed by atoms with Crippen LogP contribution >= 0.6 is 15.9 Å². The van der Waals surface area contributed by atoms with E-state index in [2.05, 4.69) is 26.2 Å². The molecule has 0 unspecified atom stereocenters. The molecule has 0 fully saturated rings. The van der Waals surface area contributed by atoms with Crippen LogP contribution in [0, 0.1) is 12.7 Å². The second kappa shape index (κ2) is 7.44. The number of benzene rings is 2. The van der Waals surface area contributed by atoms with Crippen molar-refractivity contribution in [3.05, 3.63) is 82.2 Å². The zero-order chi connectivity index (χ0) is 17.8. The fourth-order valence-corrected chi connectivity index (χ4v) is 2.44. The van der Waals surface area contributed by atoms with E-state index in [4.69, 9.17) is 4.74 Å². The topological polar surface area (TPSA) is 51.2 Å².